The topological polar surface area (TPSA) is 68.7 Å². The SMILES string of the molecule is CN=C(NCc1cc(N(C)C)nc2ccccc12)NC1CCN(Cc2ccccn2)CC1.I. The molecule has 4 rings (SSSR count). The van der Waals surface area contributed by atoms with Crippen LogP contribution in [0, 0.1) is 0 Å². The third-order valence-electron chi connectivity index (χ3n) is 5.96. The number of para-hydroxylation sites is 1. The second kappa shape index (κ2) is 12.1. The Morgan fingerprint density at radius 3 is 2.58 bits per heavy atom. The number of pyridine rings is 2. The van der Waals surface area contributed by atoms with Crippen LogP contribution in [0.1, 0.15) is 24.1 Å². The molecule has 1 aromatic carbocycles. The molecule has 1 aliphatic heterocycles. The van der Waals surface area contributed by atoms with Crippen LogP contribution >= 0.6 is 24.0 Å². The van der Waals surface area contributed by atoms with E-state index in [1.165, 1.54) is 10.9 Å². The van der Waals surface area contributed by atoms with E-state index in [1.54, 1.807) is 0 Å². The van der Waals surface area contributed by atoms with E-state index in [1.807, 2.05) is 44.4 Å². The Kier molecular flexibility index (Phi) is 9.25. The van der Waals surface area contributed by atoms with E-state index in [-0.39, 0.29) is 24.0 Å². The number of hydrogen-bond acceptors (Lipinski definition) is 5. The van der Waals surface area contributed by atoms with Crippen molar-refractivity contribution in [3.05, 3.63) is 66.0 Å². The fourth-order valence-corrected chi connectivity index (χ4v) is 4.13. The smallest absolute Gasteiger partial charge is 0.191 e. The normalized spacial score (nSPS) is 15.2. The number of halogens is 1. The summed E-state index contributed by atoms with van der Waals surface area (Å²) in [7, 11) is 5.88. The second-order valence-corrected chi connectivity index (χ2v) is 8.49. The van der Waals surface area contributed by atoms with E-state index in [4.69, 9.17) is 4.98 Å². The van der Waals surface area contributed by atoms with Gasteiger partial charge in [-0.3, -0.25) is 14.9 Å². The van der Waals surface area contributed by atoms with Gasteiger partial charge < -0.3 is 15.5 Å². The molecule has 0 aliphatic carbocycles. The molecule has 1 saturated heterocycles. The largest absolute Gasteiger partial charge is 0.363 e. The average Bonchev–Trinajstić information content (AvgIpc) is 2.83. The van der Waals surface area contributed by atoms with Crippen LogP contribution in [-0.4, -0.2) is 61.1 Å². The van der Waals surface area contributed by atoms with E-state index in [0.29, 0.717) is 12.6 Å². The predicted octanol–water partition coefficient (Wildman–Crippen LogP) is 3.64. The van der Waals surface area contributed by atoms with Gasteiger partial charge in [-0.05, 0) is 42.7 Å². The number of piperidine rings is 1. The van der Waals surface area contributed by atoms with Crippen molar-refractivity contribution in [3.8, 4) is 0 Å². The number of rotatable bonds is 6. The fourth-order valence-electron chi connectivity index (χ4n) is 4.13. The molecule has 8 heteroatoms. The number of anilines is 1. The Balaban J connectivity index is 0.00000306. The molecule has 1 aliphatic rings. The lowest BCUT2D eigenvalue weighted by Gasteiger charge is -2.32. The van der Waals surface area contributed by atoms with Crippen LogP contribution in [0.15, 0.2) is 59.7 Å². The second-order valence-electron chi connectivity index (χ2n) is 8.49. The molecule has 2 N–H and O–H groups in total. The Morgan fingerprint density at radius 2 is 1.88 bits per heavy atom. The summed E-state index contributed by atoms with van der Waals surface area (Å²) in [5.41, 5.74) is 3.37. The standard InChI is InChI=1S/C25H33N7.HI/c1-26-25(29-20-11-14-32(15-12-20)18-21-8-6-7-13-27-21)28-17-19-16-24(31(2)3)30-23-10-5-4-9-22(19)23;/h4-10,13,16,20H,11-12,14-15,17-18H2,1-3H3,(H2,26,28,29);1H. The fraction of sp³-hybridized carbons (Fsp3) is 0.400. The van der Waals surface area contributed by atoms with Crippen molar-refractivity contribution in [2.24, 2.45) is 4.99 Å². The van der Waals surface area contributed by atoms with Crippen molar-refractivity contribution in [1.29, 1.82) is 0 Å². The summed E-state index contributed by atoms with van der Waals surface area (Å²) in [5.74, 6) is 1.81. The number of fused-ring (bicyclic) bond motifs is 1. The molecule has 0 saturated carbocycles. The molecule has 0 atom stereocenters. The van der Waals surface area contributed by atoms with Gasteiger partial charge in [-0.15, -0.1) is 24.0 Å². The molecule has 3 aromatic rings. The highest BCUT2D eigenvalue weighted by Crippen LogP contribution is 2.22. The molecule has 0 amide bonds. The van der Waals surface area contributed by atoms with Gasteiger partial charge in [0.2, 0.25) is 0 Å². The van der Waals surface area contributed by atoms with Gasteiger partial charge in [0, 0.05) is 64.9 Å². The predicted molar refractivity (Wildman–Crippen MR) is 147 cm³/mol. The zero-order valence-corrected chi connectivity index (χ0v) is 22.0. The number of likely N-dealkylation sites (tertiary alicyclic amines) is 1. The maximum Gasteiger partial charge on any atom is 0.191 e. The summed E-state index contributed by atoms with van der Waals surface area (Å²) < 4.78 is 0. The molecule has 2 aromatic heterocycles. The molecule has 3 heterocycles. The first kappa shape index (κ1) is 25.2. The zero-order chi connectivity index (χ0) is 22.3. The third-order valence-corrected chi connectivity index (χ3v) is 5.96. The lowest BCUT2D eigenvalue weighted by molar-refractivity contribution is 0.196. The number of nitrogens with zero attached hydrogens (tertiary/aromatic N) is 5. The van der Waals surface area contributed by atoms with Crippen molar-refractivity contribution in [2.45, 2.75) is 32.0 Å². The molecule has 33 heavy (non-hydrogen) atoms. The lowest BCUT2D eigenvalue weighted by Crippen LogP contribution is -2.48. The van der Waals surface area contributed by atoms with Gasteiger partial charge in [0.25, 0.3) is 0 Å². The van der Waals surface area contributed by atoms with Gasteiger partial charge in [-0.1, -0.05) is 24.3 Å². The summed E-state index contributed by atoms with van der Waals surface area (Å²) in [4.78, 5) is 18.2. The van der Waals surface area contributed by atoms with Crippen molar-refractivity contribution in [3.63, 3.8) is 0 Å². The number of hydrogen-bond donors (Lipinski definition) is 2. The highest BCUT2D eigenvalue weighted by Gasteiger charge is 2.20. The maximum absolute atomic E-state index is 4.76. The lowest BCUT2D eigenvalue weighted by atomic mass is 10.0. The summed E-state index contributed by atoms with van der Waals surface area (Å²) >= 11 is 0. The van der Waals surface area contributed by atoms with E-state index in [9.17, 15) is 0 Å². The Morgan fingerprint density at radius 1 is 1.12 bits per heavy atom. The number of aliphatic imine (C=N–C) groups is 1. The summed E-state index contributed by atoms with van der Waals surface area (Å²) in [6, 6.07) is 17.0. The minimum absolute atomic E-state index is 0. The highest BCUT2D eigenvalue weighted by molar-refractivity contribution is 14.0. The summed E-state index contributed by atoms with van der Waals surface area (Å²) in [5, 5.41) is 8.30. The van der Waals surface area contributed by atoms with Crippen LogP contribution in [0.5, 0.6) is 0 Å². The molecule has 7 nitrogen and oxygen atoms in total. The molecular weight excluding hydrogens is 525 g/mol. The molecule has 0 unspecified atom stereocenters. The van der Waals surface area contributed by atoms with Crippen molar-refractivity contribution >= 4 is 46.7 Å². The quantitative estimate of drug-likeness (QED) is 0.273. The van der Waals surface area contributed by atoms with Crippen molar-refractivity contribution in [2.75, 3.05) is 39.1 Å². The van der Waals surface area contributed by atoms with Crippen LogP contribution in [-0.2, 0) is 13.1 Å². The Labute approximate surface area is 213 Å². The maximum atomic E-state index is 4.76. The van der Waals surface area contributed by atoms with Crippen LogP contribution in [0.25, 0.3) is 10.9 Å². The molecule has 0 bridgehead atoms. The summed E-state index contributed by atoms with van der Waals surface area (Å²) in [6.07, 6.45) is 4.06. The van der Waals surface area contributed by atoms with Crippen molar-refractivity contribution in [1.82, 2.24) is 25.5 Å². The van der Waals surface area contributed by atoms with Gasteiger partial charge in [0.05, 0.1) is 11.2 Å². The summed E-state index contributed by atoms with van der Waals surface area (Å²) in [6.45, 7) is 3.74. The Bertz CT molecular complexity index is 1050. The zero-order valence-electron chi connectivity index (χ0n) is 19.7. The minimum Gasteiger partial charge on any atom is -0.363 e. The van der Waals surface area contributed by atoms with E-state index in [2.05, 4.69) is 61.9 Å². The van der Waals surface area contributed by atoms with Gasteiger partial charge in [0.1, 0.15) is 5.82 Å². The van der Waals surface area contributed by atoms with E-state index >= 15 is 0 Å². The van der Waals surface area contributed by atoms with E-state index in [0.717, 1.165) is 55.5 Å². The highest BCUT2D eigenvalue weighted by atomic mass is 127. The first-order valence-corrected chi connectivity index (χ1v) is 11.3. The third kappa shape index (κ3) is 6.77. The van der Waals surface area contributed by atoms with E-state index < -0.39 is 0 Å². The molecule has 0 spiro atoms. The van der Waals surface area contributed by atoms with Crippen LogP contribution in [0.4, 0.5) is 5.82 Å². The van der Waals surface area contributed by atoms with Gasteiger partial charge >= 0.3 is 0 Å². The van der Waals surface area contributed by atoms with Crippen LogP contribution in [0.2, 0.25) is 0 Å². The number of aromatic nitrogens is 2. The minimum atomic E-state index is 0. The molecule has 176 valence electrons. The number of guanidine groups is 1. The monoisotopic (exact) mass is 559 g/mol. The molecule has 0 radical (unpaired) electrons. The average molecular weight is 560 g/mol. The van der Waals surface area contributed by atoms with Gasteiger partial charge in [-0.25, -0.2) is 4.98 Å². The number of nitrogens with one attached hydrogen (secondary N) is 2. The Hall–Kier alpha value is -2.46. The van der Waals surface area contributed by atoms with Crippen LogP contribution in [0.3, 0.4) is 0 Å². The van der Waals surface area contributed by atoms with Crippen molar-refractivity contribution < 1.29 is 0 Å². The first-order chi connectivity index (χ1) is 15.6. The number of benzene rings is 1. The van der Waals surface area contributed by atoms with Crippen LogP contribution < -0.4 is 15.5 Å². The molecular formula is C25H34IN7. The van der Waals surface area contributed by atoms with Gasteiger partial charge in [-0.2, -0.15) is 0 Å². The van der Waals surface area contributed by atoms with Gasteiger partial charge in [0.15, 0.2) is 5.96 Å². The molecule has 1 fully saturated rings. The first-order valence-electron chi connectivity index (χ1n) is 11.3.